The molecule has 0 N–H and O–H groups in total. The van der Waals surface area contributed by atoms with Crippen molar-refractivity contribution in [2.24, 2.45) is 0 Å². The van der Waals surface area contributed by atoms with Gasteiger partial charge in [0.2, 0.25) is 0 Å². The number of carbonyl (C=O) groups excluding carboxylic acids is 1. The van der Waals surface area contributed by atoms with Crippen LogP contribution in [0.5, 0.6) is 0 Å². The number of rotatable bonds is 1. The summed E-state index contributed by atoms with van der Waals surface area (Å²) in [5.74, 6) is 0.312. The van der Waals surface area contributed by atoms with Gasteiger partial charge >= 0.3 is 6.09 Å². The molecule has 0 saturated carbocycles. The largest absolute Gasteiger partial charge is 0.444 e. The molecule has 0 aliphatic carbocycles. The lowest BCUT2D eigenvalue weighted by molar-refractivity contribution is 0.00819. The van der Waals surface area contributed by atoms with Crippen LogP contribution in [0.1, 0.15) is 37.8 Å². The first kappa shape index (κ1) is 14.9. The number of benzene rings is 1. The van der Waals surface area contributed by atoms with Crippen LogP contribution in [0.25, 0.3) is 0 Å². The molecule has 1 aliphatic rings. The molecule has 1 heterocycles. The van der Waals surface area contributed by atoms with Crippen molar-refractivity contribution in [1.82, 2.24) is 4.90 Å². The Morgan fingerprint density at radius 3 is 2.60 bits per heavy atom. The molecule has 1 aliphatic heterocycles. The van der Waals surface area contributed by atoms with Crippen LogP contribution < -0.4 is 0 Å². The topological polar surface area (TPSA) is 53.3 Å². The molecule has 0 atom stereocenters. The van der Waals surface area contributed by atoms with Gasteiger partial charge in [-0.15, -0.1) is 0 Å². The van der Waals surface area contributed by atoms with Crippen molar-refractivity contribution in [3.8, 4) is 6.07 Å². The van der Waals surface area contributed by atoms with Gasteiger partial charge in [-0.1, -0.05) is 6.07 Å². The Hall–Kier alpha value is -1.54. The summed E-state index contributed by atoms with van der Waals surface area (Å²) in [6.45, 7) is 6.90. The van der Waals surface area contributed by atoms with Crippen LogP contribution in [-0.4, -0.2) is 29.7 Å². The monoisotopic (exact) mass is 336 g/mol. The second-order valence-corrected chi connectivity index (χ2v) is 6.79. The van der Waals surface area contributed by atoms with Crippen molar-refractivity contribution in [1.29, 1.82) is 5.26 Å². The van der Waals surface area contributed by atoms with E-state index in [4.69, 9.17) is 10.00 Å². The van der Waals surface area contributed by atoms with Crippen LogP contribution in [0.2, 0.25) is 0 Å². The molecule has 0 unspecified atom stereocenters. The Kier molecular flexibility index (Phi) is 4.05. The molecule has 4 nitrogen and oxygen atoms in total. The van der Waals surface area contributed by atoms with Gasteiger partial charge in [0, 0.05) is 23.5 Å². The molecule has 1 fully saturated rings. The number of ether oxygens (including phenoxy) is 1. The molecule has 5 heteroatoms. The minimum Gasteiger partial charge on any atom is -0.444 e. The standard InChI is InChI=1S/C15H17BrN2O2/c1-15(2,3)20-14(19)18-8-12(9-18)10-4-5-11(7-17)13(16)6-10/h4-6,12H,8-9H2,1-3H3. The van der Waals surface area contributed by atoms with Crippen LogP contribution in [0, 0.1) is 11.3 Å². The smallest absolute Gasteiger partial charge is 0.410 e. The van der Waals surface area contributed by atoms with E-state index in [9.17, 15) is 4.79 Å². The molecular weight excluding hydrogens is 320 g/mol. The quantitative estimate of drug-likeness (QED) is 0.786. The highest BCUT2D eigenvalue weighted by atomic mass is 79.9. The third-order valence-electron chi connectivity index (χ3n) is 3.12. The molecule has 0 radical (unpaired) electrons. The Morgan fingerprint density at radius 2 is 2.10 bits per heavy atom. The first-order valence-electron chi connectivity index (χ1n) is 6.47. The van der Waals surface area contributed by atoms with Gasteiger partial charge in [0.15, 0.2) is 0 Å². The average molecular weight is 337 g/mol. The summed E-state index contributed by atoms with van der Waals surface area (Å²) < 4.78 is 6.12. The molecule has 1 aromatic rings. The van der Waals surface area contributed by atoms with Crippen LogP contribution >= 0.6 is 15.9 Å². The highest BCUT2D eigenvalue weighted by Gasteiger charge is 2.34. The van der Waals surface area contributed by atoms with Crippen molar-refractivity contribution < 1.29 is 9.53 Å². The van der Waals surface area contributed by atoms with Crippen LogP contribution in [0.15, 0.2) is 22.7 Å². The summed E-state index contributed by atoms with van der Waals surface area (Å²) in [6, 6.07) is 7.82. The summed E-state index contributed by atoms with van der Waals surface area (Å²) in [7, 11) is 0. The van der Waals surface area contributed by atoms with Gasteiger partial charge in [0.05, 0.1) is 5.56 Å². The van der Waals surface area contributed by atoms with Gasteiger partial charge in [0.25, 0.3) is 0 Å². The number of amides is 1. The van der Waals surface area contributed by atoms with Crippen LogP contribution in [0.3, 0.4) is 0 Å². The fraction of sp³-hybridized carbons (Fsp3) is 0.467. The molecule has 0 spiro atoms. The predicted octanol–water partition coefficient (Wildman–Crippen LogP) is 3.66. The van der Waals surface area contributed by atoms with E-state index in [2.05, 4.69) is 22.0 Å². The summed E-state index contributed by atoms with van der Waals surface area (Å²) in [6.07, 6.45) is -0.263. The highest BCUT2D eigenvalue weighted by Crippen LogP contribution is 2.31. The van der Waals surface area contributed by atoms with Crippen LogP contribution in [-0.2, 0) is 4.74 Å². The minimum absolute atomic E-state index is 0.263. The van der Waals surface area contributed by atoms with E-state index in [-0.39, 0.29) is 6.09 Å². The van der Waals surface area contributed by atoms with Crippen molar-refractivity contribution >= 4 is 22.0 Å². The predicted molar refractivity (Wildman–Crippen MR) is 79.4 cm³/mol. The second kappa shape index (κ2) is 5.45. The van der Waals surface area contributed by atoms with E-state index in [0.717, 1.165) is 10.0 Å². The first-order valence-corrected chi connectivity index (χ1v) is 7.27. The Bertz CT molecular complexity index is 566. The molecular formula is C15H17BrN2O2. The van der Waals surface area contributed by atoms with Gasteiger partial charge in [-0.2, -0.15) is 5.26 Å². The number of carbonyl (C=O) groups is 1. The SMILES string of the molecule is CC(C)(C)OC(=O)N1CC(c2ccc(C#N)c(Br)c2)C1. The number of nitriles is 1. The van der Waals surface area contributed by atoms with E-state index in [1.54, 1.807) is 11.0 Å². The molecule has 2 rings (SSSR count). The lowest BCUT2D eigenvalue weighted by Gasteiger charge is -2.40. The van der Waals surface area contributed by atoms with Gasteiger partial charge in [0.1, 0.15) is 11.7 Å². The van der Waals surface area contributed by atoms with Gasteiger partial charge in [-0.3, -0.25) is 0 Å². The number of likely N-dealkylation sites (tertiary alicyclic amines) is 1. The summed E-state index contributed by atoms with van der Waals surface area (Å²) in [4.78, 5) is 13.5. The maximum atomic E-state index is 11.8. The summed E-state index contributed by atoms with van der Waals surface area (Å²) in [5, 5.41) is 8.89. The van der Waals surface area contributed by atoms with Crippen LogP contribution in [0.4, 0.5) is 4.79 Å². The van der Waals surface area contributed by atoms with E-state index >= 15 is 0 Å². The average Bonchev–Trinajstić information content (AvgIpc) is 2.24. The van der Waals surface area contributed by atoms with Crippen molar-refractivity contribution in [3.63, 3.8) is 0 Å². The lowest BCUT2D eigenvalue weighted by Crippen LogP contribution is -2.50. The van der Waals surface area contributed by atoms with E-state index in [1.165, 1.54) is 0 Å². The molecule has 1 amide bonds. The summed E-state index contributed by atoms with van der Waals surface area (Å²) in [5.41, 5.74) is 1.30. The Morgan fingerprint density at radius 1 is 1.45 bits per heavy atom. The van der Waals surface area contributed by atoms with E-state index in [0.29, 0.717) is 24.6 Å². The lowest BCUT2D eigenvalue weighted by atomic mass is 9.91. The number of hydrogen-bond donors (Lipinski definition) is 0. The second-order valence-electron chi connectivity index (χ2n) is 5.93. The Labute approximate surface area is 127 Å². The highest BCUT2D eigenvalue weighted by molar-refractivity contribution is 9.10. The normalized spacial score (nSPS) is 15.4. The maximum Gasteiger partial charge on any atom is 0.410 e. The molecule has 0 aromatic heterocycles. The third kappa shape index (κ3) is 3.31. The number of halogens is 1. The fourth-order valence-corrected chi connectivity index (χ4v) is 2.53. The Balaban J connectivity index is 1.95. The first-order chi connectivity index (χ1) is 9.30. The summed E-state index contributed by atoms with van der Waals surface area (Å²) >= 11 is 3.38. The van der Waals surface area contributed by atoms with Crippen molar-refractivity contribution in [2.45, 2.75) is 32.3 Å². The number of hydrogen-bond acceptors (Lipinski definition) is 3. The minimum atomic E-state index is -0.459. The molecule has 1 aromatic carbocycles. The number of nitrogens with zero attached hydrogens (tertiary/aromatic N) is 2. The van der Waals surface area contributed by atoms with Gasteiger partial charge in [-0.25, -0.2) is 4.79 Å². The zero-order valence-corrected chi connectivity index (χ0v) is 13.4. The van der Waals surface area contributed by atoms with E-state index in [1.807, 2.05) is 32.9 Å². The zero-order valence-electron chi connectivity index (χ0n) is 11.8. The third-order valence-corrected chi connectivity index (χ3v) is 3.77. The molecule has 20 heavy (non-hydrogen) atoms. The zero-order chi connectivity index (χ0) is 14.9. The van der Waals surface area contributed by atoms with Crippen molar-refractivity contribution in [3.05, 3.63) is 33.8 Å². The van der Waals surface area contributed by atoms with E-state index < -0.39 is 5.60 Å². The van der Waals surface area contributed by atoms with Gasteiger partial charge in [-0.05, 0) is 54.4 Å². The molecule has 1 saturated heterocycles. The van der Waals surface area contributed by atoms with Crippen molar-refractivity contribution in [2.75, 3.05) is 13.1 Å². The fourth-order valence-electron chi connectivity index (χ4n) is 2.04. The molecule has 0 bridgehead atoms. The molecule has 106 valence electrons. The van der Waals surface area contributed by atoms with Gasteiger partial charge < -0.3 is 9.64 Å². The maximum absolute atomic E-state index is 11.8.